The van der Waals surface area contributed by atoms with Crippen molar-refractivity contribution >= 4 is 10.8 Å². The molecule has 2 aliphatic rings. The maximum atomic E-state index is 12.6. The van der Waals surface area contributed by atoms with E-state index in [0.29, 0.717) is 17.6 Å². The number of hydrogen-bond donors (Lipinski definition) is 1. The summed E-state index contributed by atoms with van der Waals surface area (Å²) < 4.78 is 19.7. The second-order valence-corrected chi connectivity index (χ2v) is 9.81. The van der Waals surface area contributed by atoms with Crippen LogP contribution in [-0.2, 0) is 18.3 Å². The minimum atomic E-state index is -0.0723. The summed E-state index contributed by atoms with van der Waals surface area (Å²) in [4.78, 5) is 19.3. The van der Waals surface area contributed by atoms with Crippen LogP contribution in [0.1, 0.15) is 31.2 Å². The van der Waals surface area contributed by atoms with Crippen molar-refractivity contribution in [3.8, 4) is 22.6 Å². The van der Waals surface area contributed by atoms with E-state index < -0.39 is 0 Å². The van der Waals surface area contributed by atoms with E-state index in [2.05, 4.69) is 21.3 Å². The molecule has 8 heteroatoms. The Morgan fingerprint density at radius 1 is 0.972 bits per heavy atom. The van der Waals surface area contributed by atoms with Crippen LogP contribution in [0.5, 0.6) is 11.5 Å². The third-order valence-corrected chi connectivity index (χ3v) is 7.48. The highest BCUT2D eigenvalue weighted by atomic mass is 16.5. The highest BCUT2D eigenvalue weighted by Crippen LogP contribution is 2.39. The van der Waals surface area contributed by atoms with E-state index in [1.165, 1.54) is 0 Å². The van der Waals surface area contributed by atoms with Gasteiger partial charge in [0, 0.05) is 62.0 Å². The van der Waals surface area contributed by atoms with Crippen LogP contribution in [0.15, 0.2) is 41.6 Å². The zero-order chi connectivity index (χ0) is 25.1. The lowest BCUT2D eigenvalue weighted by Crippen LogP contribution is -2.40. The number of nitrogens with zero attached hydrogens (tertiary/aromatic N) is 3. The van der Waals surface area contributed by atoms with Gasteiger partial charge < -0.3 is 24.1 Å². The van der Waals surface area contributed by atoms with Crippen LogP contribution in [0.25, 0.3) is 21.9 Å². The van der Waals surface area contributed by atoms with Crippen LogP contribution in [0, 0.1) is 0 Å². The molecule has 5 rings (SSSR count). The molecule has 0 saturated carbocycles. The number of aryl methyl sites for hydroxylation is 1. The molecule has 8 nitrogen and oxygen atoms in total. The second-order valence-electron chi connectivity index (χ2n) is 9.81. The fourth-order valence-electron chi connectivity index (χ4n) is 5.47. The van der Waals surface area contributed by atoms with Gasteiger partial charge in [0.25, 0.3) is 5.56 Å². The first-order valence-electron chi connectivity index (χ1n) is 12.8. The van der Waals surface area contributed by atoms with E-state index in [4.69, 9.17) is 14.2 Å². The molecule has 192 valence electrons. The lowest BCUT2D eigenvalue weighted by atomic mass is 9.98. The van der Waals surface area contributed by atoms with Crippen LogP contribution in [-0.4, -0.2) is 67.1 Å². The Bertz CT molecular complexity index is 1260. The van der Waals surface area contributed by atoms with Gasteiger partial charge in [0.15, 0.2) is 0 Å². The summed E-state index contributed by atoms with van der Waals surface area (Å²) in [5, 5.41) is 4.83. The van der Waals surface area contributed by atoms with Gasteiger partial charge in [-0.15, -0.1) is 0 Å². The number of ether oxygens (including phenoxy) is 3. The molecule has 36 heavy (non-hydrogen) atoms. The molecular weight excluding hydrogens is 456 g/mol. The quantitative estimate of drug-likeness (QED) is 0.542. The van der Waals surface area contributed by atoms with Crippen molar-refractivity contribution in [2.75, 3.05) is 40.4 Å². The Hall–Kier alpha value is -2.94. The molecule has 0 amide bonds. The number of fused-ring (bicyclic) bond motifs is 1. The molecule has 3 aromatic rings. The second kappa shape index (κ2) is 11.0. The first-order valence-corrected chi connectivity index (χ1v) is 12.8. The zero-order valence-electron chi connectivity index (χ0n) is 21.5. The number of likely N-dealkylation sites (tertiary alicyclic amines) is 1. The molecule has 0 bridgehead atoms. The highest BCUT2D eigenvalue weighted by molar-refractivity contribution is 5.97. The van der Waals surface area contributed by atoms with Crippen molar-refractivity contribution < 1.29 is 14.2 Å². The standard InChI is InChI=1S/C28H36N4O4/c1-31-18-25(22-6-11-30-16-24(22)28(31)33)23-15-26(34-2)19(14-27(23)35-3)17-32-12-7-21(8-13-32)36-20-4-9-29-10-5-20/h6,11,14-16,18,20-21,29H,4-5,7-10,12-13,17H2,1-3H3. The number of pyridine rings is 2. The molecule has 2 fully saturated rings. The van der Waals surface area contributed by atoms with Crippen LogP contribution < -0.4 is 20.3 Å². The normalized spacial score (nSPS) is 18.0. The third-order valence-electron chi connectivity index (χ3n) is 7.48. The molecule has 0 aliphatic carbocycles. The monoisotopic (exact) mass is 492 g/mol. The summed E-state index contributed by atoms with van der Waals surface area (Å²) in [6.45, 7) is 4.92. The SMILES string of the molecule is COc1cc(-c2cn(C)c(=O)c3cnccc23)c(OC)cc1CN1CCC(OC2CCNCC2)CC1. The van der Waals surface area contributed by atoms with E-state index in [9.17, 15) is 4.79 Å². The van der Waals surface area contributed by atoms with E-state index >= 15 is 0 Å². The van der Waals surface area contributed by atoms with E-state index in [1.54, 1.807) is 38.2 Å². The van der Waals surface area contributed by atoms with Crippen molar-refractivity contribution in [3.63, 3.8) is 0 Å². The number of rotatable bonds is 7. The Kier molecular flexibility index (Phi) is 7.55. The average Bonchev–Trinajstić information content (AvgIpc) is 2.92. The number of hydrogen-bond acceptors (Lipinski definition) is 7. The van der Waals surface area contributed by atoms with Crippen LogP contribution in [0.2, 0.25) is 0 Å². The topological polar surface area (TPSA) is 77.9 Å². The van der Waals surface area contributed by atoms with Gasteiger partial charge >= 0.3 is 0 Å². The van der Waals surface area contributed by atoms with Crippen molar-refractivity contribution in [2.24, 2.45) is 7.05 Å². The summed E-state index contributed by atoms with van der Waals surface area (Å²) in [6.07, 6.45) is 10.3. The fourth-order valence-corrected chi connectivity index (χ4v) is 5.47. The van der Waals surface area contributed by atoms with Gasteiger partial charge in [0.05, 0.1) is 31.8 Å². The molecule has 2 aromatic heterocycles. The third kappa shape index (κ3) is 5.12. The van der Waals surface area contributed by atoms with Gasteiger partial charge in [-0.2, -0.15) is 0 Å². The summed E-state index contributed by atoms with van der Waals surface area (Å²) >= 11 is 0. The van der Waals surface area contributed by atoms with Crippen molar-refractivity contribution in [3.05, 3.63) is 52.7 Å². The minimum absolute atomic E-state index is 0.0723. The predicted octanol–water partition coefficient (Wildman–Crippen LogP) is 3.35. The molecule has 0 atom stereocenters. The van der Waals surface area contributed by atoms with Crippen LogP contribution in [0.3, 0.4) is 0 Å². The van der Waals surface area contributed by atoms with Gasteiger partial charge in [-0.25, -0.2) is 0 Å². The minimum Gasteiger partial charge on any atom is -0.496 e. The van der Waals surface area contributed by atoms with Gasteiger partial charge in [-0.3, -0.25) is 14.7 Å². The van der Waals surface area contributed by atoms with Crippen molar-refractivity contribution in [2.45, 2.75) is 44.4 Å². The van der Waals surface area contributed by atoms with Crippen LogP contribution >= 0.6 is 0 Å². The zero-order valence-corrected chi connectivity index (χ0v) is 21.5. The lowest BCUT2D eigenvalue weighted by Gasteiger charge is -2.35. The van der Waals surface area contributed by atoms with Crippen molar-refractivity contribution in [1.82, 2.24) is 19.8 Å². The molecule has 0 spiro atoms. The number of methoxy groups -OCH3 is 2. The largest absolute Gasteiger partial charge is 0.496 e. The van der Waals surface area contributed by atoms with Crippen LogP contribution in [0.4, 0.5) is 0 Å². The maximum Gasteiger partial charge on any atom is 0.259 e. The number of aromatic nitrogens is 2. The number of benzene rings is 1. The Morgan fingerprint density at radius 3 is 2.42 bits per heavy atom. The first-order chi connectivity index (χ1) is 17.6. The Balaban J connectivity index is 1.37. The lowest BCUT2D eigenvalue weighted by molar-refractivity contribution is -0.0539. The van der Waals surface area contributed by atoms with Gasteiger partial charge in [0.2, 0.25) is 0 Å². The smallest absolute Gasteiger partial charge is 0.259 e. The van der Waals surface area contributed by atoms with E-state index in [0.717, 1.165) is 92.0 Å². The predicted molar refractivity (Wildman–Crippen MR) is 141 cm³/mol. The maximum absolute atomic E-state index is 12.6. The first kappa shape index (κ1) is 24.7. The Labute approximate surface area is 212 Å². The molecule has 1 aromatic carbocycles. The molecule has 1 N–H and O–H groups in total. The van der Waals surface area contributed by atoms with Crippen molar-refractivity contribution in [1.29, 1.82) is 0 Å². The molecule has 0 unspecified atom stereocenters. The molecule has 0 radical (unpaired) electrons. The number of nitrogens with one attached hydrogen (secondary N) is 1. The Morgan fingerprint density at radius 2 is 1.69 bits per heavy atom. The number of piperidine rings is 2. The molecule has 2 aliphatic heterocycles. The summed E-state index contributed by atoms with van der Waals surface area (Å²) in [6, 6.07) is 5.98. The summed E-state index contributed by atoms with van der Waals surface area (Å²) in [5.41, 5.74) is 2.81. The summed E-state index contributed by atoms with van der Waals surface area (Å²) in [5.74, 6) is 1.57. The highest BCUT2D eigenvalue weighted by Gasteiger charge is 2.25. The fraction of sp³-hybridized carbons (Fsp3) is 0.500. The molecular formula is C28H36N4O4. The van der Waals surface area contributed by atoms with Gasteiger partial charge in [0.1, 0.15) is 11.5 Å². The van der Waals surface area contributed by atoms with E-state index in [1.807, 2.05) is 18.3 Å². The van der Waals surface area contributed by atoms with Gasteiger partial charge in [-0.1, -0.05) is 0 Å². The summed E-state index contributed by atoms with van der Waals surface area (Å²) in [7, 11) is 5.15. The molecule has 4 heterocycles. The van der Waals surface area contributed by atoms with E-state index in [-0.39, 0.29) is 5.56 Å². The average molecular weight is 493 g/mol. The van der Waals surface area contributed by atoms with Gasteiger partial charge in [-0.05, 0) is 62.4 Å². The molecule has 2 saturated heterocycles.